The number of rotatable bonds is 7. The quantitative estimate of drug-likeness (QED) is 0.549. The first-order chi connectivity index (χ1) is 7.81. The SMILES string of the molecule is CCCn1c(SCCNC2CC2)n[nH]c1=O. The van der Waals surface area contributed by atoms with Gasteiger partial charge in [-0.25, -0.2) is 9.89 Å². The maximum atomic E-state index is 11.4. The zero-order chi connectivity index (χ0) is 11.4. The summed E-state index contributed by atoms with van der Waals surface area (Å²) >= 11 is 1.64. The minimum Gasteiger partial charge on any atom is -0.313 e. The maximum absolute atomic E-state index is 11.4. The van der Waals surface area contributed by atoms with E-state index in [1.807, 2.05) is 0 Å². The zero-order valence-corrected chi connectivity index (χ0v) is 10.3. The molecule has 2 N–H and O–H groups in total. The second-order valence-electron chi connectivity index (χ2n) is 4.04. The molecule has 0 aliphatic heterocycles. The molecule has 90 valence electrons. The normalized spacial score (nSPS) is 15.6. The lowest BCUT2D eigenvalue weighted by Crippen LogP contribution is -2.20. The summed E-state index contributed by atoms with van der Waals surface area (Å²) in [5.41, 5.74) is -0.0977. The molecule has 0 saturated heterocycles. The standard InChI is InChI=1S/C10H18N4OS/c1-2-6-14-9(15)12-13-10(14)16-7-5-11-8-3-4-8/h8,11H,2-7H2,1H3,(H,12,15). The smallest absolute Gasteiger partial charge is 0.313 e. The van der Waals surface area contributed by atoms with Crippen molar-refractivity contribution in [1.29, 1.82) is 0 Å². The summed E-state index contributed by atoms with van der Waals surface area (Å²) in [6.07, 6.45) is 3.58. The van der Waals surface area contributed by atoms with Crippen molar-refractivity contribution >= 4 is 11.8 Å². The molecular weight excluding hydrogens is 224 g/mol. The van der Waals surface area contributed by atoms with Gasteiger partial charge in [-0.15, -0.1) is 5.10 Å². The summed E-state index contributed by atoms with van der Waals surface area (Å²) in [6.45, 7) is 3.79. The molecule has 1 aliphatic carbocycles. The van der Waals surface area contributed by atoms with Gasteiger partial charge in [0.25, 0.3) is 0 Å². The third kappa shape index (κ3) is 3.12. The van der Waals surface area contributed by atoms with Gasteiger partial charge in [0.05, 0.1) is 0 Å². The number of aromatic nitrogens is 3. The summed E-state index contributed by atoms with van der Waals surface area (Å²) in [7, 11) is 0. The van der Waals surface area contributed by atoms with Crippen molar-refractivity contribution in [1.82, 2.24) is 20.1 Å². The van der Waals surface area contributed by atoms with Crippen LogP contribution in [-0.4, -0.2) is 33.1 Å². The van der Waals surface area contributed by atoms with Gasteiger partial charge in [-0.3, -0.25) is 4.57 Å². The van der Waals surface area contributed by atoms with E-state index in [-0.39, 0.29) is 5.69 Å². The van der Waals surface area contributed by atoms with Gasteiger partial charge in [-0.05, 0) is 19.3 Å². The molecular formula is C10H18N4OS. The number of nitrogens with zero attached hydrogens (tertiary/aromatic N) is 2. The van der Waals surface area contributed by atoms with Crippen LogP contribution in [-0.2, 0) is 6.54 Å². The lowest BCUT2D eigenvalue weighted by atomic mass is 10.5. The fraction of sp³-hybridized carbons (Fsp3) is 0.800. The molecule has 0 radical (unpaired) electrons. The number of H-pyrrole nitrogens is 1. The zero-order valence-electron chi connectivity index (χ0n) is 9.53. The van der Waals surface area contributed by atoms with E-state index in [0.29, 0.717) is 0 Å². The average Bonchev–Trinajstić information content (AvgIpc) is 3.04. The van der Waals surface area contributed by atoms with Crippen LogP contribution < -0.4 is 11.0 Å². The van der Waals surface area contributed by atoms with Crippen LogP contribution in [0.1, 0.15) is 26.2 Å². The van der Waals surface area contributed by atoms with E-state index in [1.165, 1.54) is 12.8 Å². The second-order valence-corrected chi connectivity index (χ2v) is 5.10. The van der Waals surface area contributed by atoms with Crippen molar-refractivity contribution in [3.05, 3.63) is 10.5 Å². The number of hydrogen-bond acceptors (Lipinski definition) is 4. The fourth-order valence-corrected chi connectivity index (χ4v) is 2.37. The highest BCUT2D eigenvalue weighted by Crippen LogP contribution is 2.19. The summed E-state index contributed by atoms with van der Waals surface area (Å²) in [6, 6.07) is 0.748. The Hall–Kier alpha value is -0.750. The molecule has 0 atom stereocenters. The Balaban J connectivity index is 1.80. The minimum absolute atomic E-state index is 0.0977. The number of thioether (sulfide) groups is 1. The van der Waals surface area contributed by atoms with Crippen molar-refractivity contribution < 1.29 is 0 Å². The van der Waals surface area contributed by atoms with Crippen molar-refractivity contribution in [3.63, 3.8) is 0 Å². The van der Waals surface area contributed by atoms with Crippen molar-refractivity contribution in [3.8, 4) is 0 Å². The molecule has 0 amide bonds. The van der Waals surface area contributed by atoms with E-state index in [9.17, 15) is 4.79 Å². The first kappa shape index (κ1) is 11.7. The van der Waals surface area contributed by atoms with Crippen LogP contribution in [0.25, 0.3) is 0 Å². The molecule has 1 aromatic heterocycles. The molecule has 6 heteroatoms. The van der Waals surface area contributed by atoms with E-state index >= 15 is 0 Å². The van der Waals surface area contributed by atoms with Crippen LogP contribution in [0.2, 0.25) is 0 Å². The molecule has 1 saturated carbocycles. The van der Waals surface area contributed by atoms with E-state index in [0.717, 1.165) is 36.5 Å². The molecule has 0 spiro atoms. The van der Waals surface area contributed by atoms with Crippen LogP contribution in [0.5, 0.6) is 0 Å². The van der Waals surface area contributed by atoms with E-state index < -0.39 is 0 Å². The number of aromatic amines is 1. The minimum atomic E-state index is -0.0977. The average molecular weight is 242 g/mol. The van der Waals surface area contributed by atoms with E-state index in [1.54, 1.807) is 16.3 Å². The molecule has 0 bridgehead atoms. The Bertz CT molecular complexity index is 382. The Morgan fingerprint density at radius 1 is 1.62 bits per heavy atom. The second kappa shape index (κ2) is 5.54. The molecule has 5 nitrogen and oxygen atoms in total. The van der Waals surface area contributed by atoms with Gasteiger partial charge in [0.2, 0.25) is 0 Å². The topological polar surface area (TPSA) is 62.7 Å². The molecule has 1 aliphatic rings. The van der Waals surface area contributed by atoms with Gasteiger partial charge in [0, 0.05) is 24.9 Å². The third-order valence-electron chi connectivity index (χ3n) is 2.51. The molecule has 1 fully saturated rings. The Morgan fingerprint density at radius 2 is 2.44 bits per heavy atom. The van der Waals surface area contributed by atoms with Crippen LogP contribution in [0, 0.1) is 0 Å². The maximum Gasteiger partial charge on any atom is 0.343 e. The lowest BCUT2D eigenvalue weighted by Gasteiger charge is -2.04. The molecule has 16 heavy (non-hydrogen) atoms. The Morgan fingerprint density at radius 3 is 3.12 bits per heavy atom. The molecule has 0 unspecified atom stereocenters. The molecule has 1 aromatic rings. The van der Waals surface area contributed by atoms with E-state index in [4.69, 9.17) is 0 Å². The number of nitrogens with one attached hydrogen (secondary N) is 2. The van der Waals surface area contributed by atoms with Crippen molar-refractivity contribution in [2.24, 2.45) is 0 Å². The predicted octanol–water partition coefficient (Wildman–Crippen LogP) is 0.825. The molecule has 2 rings (SSSR count). The highest BCUT2D eigenvalue weighted by molar-refractivity contribution is 7.99. The van der Waals surface area contributed by atoms with Gasteiger partial charge in [-0.1, -0.05) is 18.7 Å². The first-order valence-electron chi connectivity index (χ1n) is 5.82. The highest BCUT2D eigenvalue weighted by atomic mass is 32.2. The Labute approximate surface area is 99.0 Å². The lowest BCUT2D eigenvalue weighted by molar-refractivity contribution is 0.603. The van der Waals surface area contributed by atoms with Gasteiger partial charge in [-0.2, -0.15) is 0 Å². The molecule has 0 aromatic carbocycles. The third-order valence-corrected chi connectivity index (χ3v) is 3.49. The first-order valence-corrected chi connectivity index (χ1v) is 6.81. The number of hydrogen-bond donors (Lipinski definition) is 2. The van der Waals surface area contributed by atoms with Crippen molar-refractivity contribution in [2.45, 2.75) is 43.9 Å². The van der Waals surface area contributed by atoms with Crippen LogP contribution in [0.4, 0.5) is 0 Å². The fourth-order valence-electron chi connectivity index (χ4n) is 1.53. The van der Waals surface area contributed by atoms with Gasteiger partial charge >= 0.3 is 5.69 Å². The Kier molecular flexibility index (Phi) is 4.06. The molecule has 1 heterocycles. The van der Waals surface area contributed by atoms with Gasteiger partial charge in [0.1, 0.15) is 0 Å². The van der Waals surface area contributed by atoms with E-state index in [2.05, 4.69) is 22.4 Å². The van der Waals surface area contributed by atoms with Gasteiger partial charge in [0.15, 0.2) is 5.16 Å². The predicted molar refractivity (Wildman–Crippen MR) is 64.9 cm³/mol. The summed E-state index contributed by atoms with van der Waals surface area (Å²) < 4.78 is 1.71. The van der Waals surface area contributed by atoms with Crippen LogP contribution >= 0.6 is 11.8 Å². The van der Waals surface area contributed by atoms with Gasteiger partial charge < -0.3 is 5.32 Å². The van der Waals surface area contributed by atoms with Crippen molar-refractivity contribution in [2.75, 3.05) is 12.3 Å². The summed E-state index contributed by atoms with van der Waals surface area (Å²) in [5.74, 6) is 0.963. The highest BCUT2D eigenvalue weighted by Gasteiger charge is 2.19. The van der Waals surface area contributed by atoms with Crippen LogP contribution in [0.3, 0.4) is 0 Å². The largest absolute Gasteiger partial charge is 0.343 e. The summed E-state index contributed by atoms with van der Waals surface area (Å²) in [4.78, 5) is 11.4. The van der Waals surface area contributed by atoms with Crippen LogP contribution in [0.15, 0.2) is 9.95 Å². The monoisotopic (exact) mass is 242 g/mol. The summed E-state index contributed by atoms with van der Waals surface area (Å²) in [5, 5.41) is 10.8.